The number of aromatic carboxylic acids is 1. The van der Waals surface area contributed by atoms with Crippen molar-refractivity contribution in [2.75, 3.05) is 18.0 Å². The van der Waals surface area contributed by atoms with Crippen molar-refractivity contribution in [1.29, 1.82) is 0 Å². The fraction of sp³-hybridized carbons (Fsp3) is 0.364. The highest BCUT2D eigenvalue weighted by Gasteiger charge is 2.13. The highest BCUT2D eigenvalue weighted by molar-refractivity contribution is 5.86. The van der Waals surface area contributed by atoms with Gasteiger partial charge in [-0.2, -0.15) is 9.61 Å². The molecule has 1 N–H and O–H groups in total. The minimum absolute atomic E-state index is 0.0112. The number of carbonyl (C=O) groups is 1. The molecule has 2 rings (SSSR count). The van der Waals surface area contributed by atoms with E-state index in [1.165, 1.54) is 6.07 Å². The van der Waals surface area contributed by atoms with Crippen molar-refractivity contribution >= 4 is 17.4 Å². The topological polar surface area (TPSA) is 70.7 Å². The molecule has 0 aliphatic carbocycles. The summed E-state index contributed by atoms with van der Waals surface area (Å²) in [4.78, 5) is 17.1. The van der Waals surface area contributed by atoms with Crippen LogP contribution < -0.4 is 4.90 Å². The molecule has 0 saturated carbocycles. The van der Waals surface area contributed by atoms with Crippen molar-refractivity contribution in [3.05, 3.63) is 24.0 Å². The molecular formula is C11H14N4O2. The monoisotopic (exact) mass is 234 g/mol. The molecule has 0 atom stereocenters. The summed E-state index contributed by atoms with van der Waals surface area (Å²) in [7, 11) is 0. The largest absolute Gasteiger partial charge is 0.476 e. The molecule has 0 unspecified atom stereocenters. The lowest BCUT2D eigenvalue weighted by atomic mass is 10.4. The maximum absolute atomic E-state index is 10.9. The number of fused-ring (bicyclic) bond motifs is 1. The third-order valence-corrected chi connectivity index (χ3v) is 2.64. The van der Waals surface area contributed by atoms with Gasteiger partial charge in [-0.3, -0.25) is 0 Å². The van der Waals surface area contributed by atoms with Crippen molar-refractivity contribution < 1.29 is 9.90 Å². The normalized spacial score (nSPS) is 10.7. The smallest absolute Gasteiger partial charge is 0.356 e. The Kier molecular flexibility index (Phi) is 2.95. The van der Waals surface area contributed by atoms with Crippen molar-refractivity contribution in [2.45, 2.75) is 13.8 Å². The summed E-state index contributed by atoms with van der Waals surface area (Å²) < 4.78 is 1.57. The van der Waals surface area contributed by atoms with Gasteiger partial charge in [-0.1, -0.05) is 0 Å². The maximum Gasteiger partial charge on any atom is 0.356 e. The second-order valence-electron chi connectivity index (χ2n) is 3.58. The van der Waals surface area contributed by atoms with E-state index in [2.05, 4.69) is 15.0 Å². The van der Waals surface area contributed by atoms with Crippen molar-refractivity contribution in [1.82, 2.24) is 14.6 Å². The van der Waals surface area contributed by atoms with E-state index < -0.39 is 5.97 Å². The zero-order valence-corrected chi connectivity index (χ0v) is 9.79. The highest BCUT2D eigenvalue weighted by Crippen LogP contribution is 2.15. The molecule has 0 aliphatic rings. The molecule has 0 aromatic carbocycles. The van der Waals surface area contributed by atoms with Crippen LogP contribution in [0.1, 0.15) is 24.3 Å². The van der Waals surface area contributed by atoms with Crippen LogP contribution in [0, 0.1) is 0 Å². The van der Waals surface area contributed by atoms with Gasteiger partial charge < -0.3 is 10.0 Å². The summed E-state index contributed by atoms with van der Waals surface area (Å²) in [6.45, 7) is 5.74. The van der Waals surface area contributed by atoms with E-state index in [1.54, 1.807) is 10.7 Å². The SMILES string of the molecule is CCN(CC)c1ccnc2cc(C(=O)O)nn12. The van der Waals surface area contributed by atoms with Crippen LogP contribution >= 0.6 is 0 Å². The van der Waals surface area contributed by atoms with Crippen LogP contribution in [-0.4, -0.2) is 38.8 Å². The van der Waals surface area contributed by atoms with E-state index in [-0.39, 0.29) is 5.69 Å². The van der Waals surface area contributed by atoms with Crippen LogP contribution in [0.3, 0.4) is 0 Å². The van der Waals surface area contributed by atoms with Gasteiger partial charge in [0.1, 0.15) is 5.82 Å². The number of carboxylic acids is 1. The Labute approximate surface area is 98.5 Å². The number of anilines is 1. The minimum Gasteiger partial charge on any atom is -0.476 e. The summed E-state index contributed by atoms with van der Waals surface area (Å²) >= 11 is 0. The van der Waals surface area contributed by atoms with Gasteiger partial charge in [-0.15, -0.1) is 0 Å². The molecule has 0 saturated heterocycles. The van der Waals surface area contributed by atoms with E-state index in [0.717, 1.165) is 18.9 Å². The number of rotatable bonds is 4. The first kappa shape index (κ1) is 11.4. The van der Waals surface area contributed by atoms with Gasteiger partial charge in [0.25, 0.3) is 0 Å². The van der Waals surface area contributed by atoms with E-state index >= 15 is 0 Å². The Morgan fingerprint density at radius 3 is 2.76 bits per heavy atom. The van der Waals surface area contributed by atoms with E-state index in [1.807, 2.05) is 19.9 Å². The molecule has 0 bridgehead atoms. The van der Waals surface area contributed by atoms with Gasteiger partial charge in [0.05, 0.1) is 0 Å². The number of nitrogens with zero attached hydrogens (tertiary/aromatic N) is 4. The predicted octanol–water partition coefficient (Wildman–Crippen LogP) is 1.27. The standard InChI is InChI=1S/C11H14N4O2/c1-3-14(4-2)10-5-6-12-9-7-8(11(16)17)13-15(9)10/h5-7H,3-4H2,1-2H3,(H,16,17). The molecule has 2 aromatic rings. The Morgan fingerprint density at radius 1 is 1.47 bits per heavy atom. The lowest BCUT2D eigenvalue weighted by Crippen LogP contribution is -2.24. The fourth-order valence-corrected chi connectivity index (χ4v) is 1.77. The van der Waals surface area contributed by atoms with Gasteiger partial charge in [0, 0.05) is 25.4 Å². The van der Waals surface area contributed by atoms with Gasteiger partial charge in [0.2, 0.25) is 0 Å². The summed E-state index contributed by atoms with van der Waals surface area (Å²) in [5, 5.41) is 13.0. The summed E-state index contributed by atoms with van der Waals surface area (Å²) in [6, 6.07) is 3.30. The lowest BCUT2D eigenvalue weighted by molar-refractivity contribution is 0.0690. The van der Waals surface area contributed by atoms with E-state index in [0.29, 0.717) is 5.65 Å². The first-order valence-corrected chi connectivity index (χ1v) is 5.50. The molecule has 0 spiro atoms. The fourth-order valence-electron chi connectivity index (χ4n) is 1.77. The second kappa shape index (κ2) is 4.40. The molecule has 17 heavy (non-hydrogen) atoms. The first-order chi connectivity index (χ1) is 8.17. The Hall–Kier alpha value is -2.11. The van der Waals surface area contributed by atoms with E-state index in [4.69, 9.17) is 5.11 Å². The van der Waals surface area contributed by atoms with Crippen molar-refractivity contribution in [3.63, 3.8) is 0 Å². The number of hydrogen-bond acceptors (Lipinski definition) is 4. The molecule has 0 amide bonds. The first-order valence-electron chi connectivity index (χ1n) is 5.50. The third-order valence-electron chi connectivity index (χ3n) is 2.64. The second-order valence-corrected chi connectivity index (χ2v) is 3.58. The summed E-state index contributed by atoms with van der Waals surface area (Å²) in [6.07, 6.45) is 1.66. The third kappa shape index (κ3) is 1.93. The predicted molar refractivity (Wildman–Crippen MR) is 63.5 cm³/mol. The molecular weight excluding hydrogens is 220 g/mol. The zero-order valence-electron chi connectivity index (χ0n) is 9.79. The summed E-state index contributed by atoms with van der Waals surface area (Å²) in [5.41, 5.74) is 0.559. The average molecular weight is 234 g/mol. The van der Waals surface area contributed by atoms with Gasteiger partial charge >= 0.3 is 5.97 Å². The highest BCUT2D eigenvalue weighted by atomic mass is 16.4. The Morgan fingerprint density at radius 2 is 2.18 bits per heavy atom. The average Bonchev–Trinajstić information content (AvgIpc) is 2.75. The molecule has 0 radical (unpaired) electrons. The quantitative estimate of drug-likeness (QED) is 0.862. The van der Waals surface area contributed by atoms with Crippen molar-refractivity contribution in [2.24, 2.45) is 0 Å². The Balaban J connectivity index is 2.60. The summed E-state index contributed by atoms with van der Waals surface area (Å²) in [5.74, 6) is -0.187. The van der Waals surface area contributed by atoms with Crippen LogP contribution in [0.2, 0.25) is 0 Å². The van der Waals surface area contributed by atoms with E-state index in [9.17, 15) is 4.79 Å². The molecule has 0 fully saturated rings. The zero-order chi connectivity index (χ0) is 12.4. The maximum atomic E-state index is 10.9. The molecule has 0 aliphatic heterocycles. The molecule has 90 valence electrons. The Bertz CT molecular complexity index is 545. The van der Waals surface area contributed by atoms with Crippen LogP contribution in [0.25, 0.3) is 5.65 Å². The lowest BCUT2D eigenvalue weighted by Gasteiger charge is -2.20. The molecule has 6 heteroatoms. The molecule has 6 nitrogen and oxygen atoms in total. The van der Waals surface area contributed by atoms with Crippen molar-refractivity contribution in [3.8, 4) is 0 Å². The van der Waals surface area contributed by atoms with Crippen LogP contribution in [-0.2, 0) is 0 Å². The van der Waals surface area contributed by atoms with Gasteiger partial charge in [0.15, 0.2) is 11.3 Å². The van der Waals surface area contributed by atoms with Gasteiger partial charge in [-0.25, -0.2) is 9.78 Å². The van der Waals surface area contributed by atoms with Crippen LogP contribution in [0.5, 0.6) is 0 Å². The van der Waals surface area contributed by atoms with Crippen LogP contribution in [0.4, 0.5) is 5.82 Å². The minimum atomic E-state index is -1.04. The number of hydrogen-bond donors (Lipinski definition) is 1. The number of aromatic nitrogens is 3. The van der Waals surface area contributed by atoms with Gasteiger partial charge in [-0.05, 0) is 19.9 Å². The van der Waals surface area contributed by atoms with Crippen LogP contribution in [0.15, 0.2) is 18.3 Å². The number of carboxylic acid groups (broad SMARTS) is 1. The molecule has 2 heterocycles. The molecule has 2 aromatic heterocycles.